The van der Waals surface area contributed by atoms with Crippen LogP contribution < -0.4 is 5.32 Å². The summed E-state index contributed by atoms with van der Waals surface area (Å²) in [6.07, 6.45) is -9.70. The van der Waals surface area contributed by atoms with E-state index in [1.807, 2.05) is 0 Å². The first-order chi connectivity index (χ1) is 10.1. The molecule has 0 saturated carbocycles. The van der Waals surface area contributed by atoms with Gasteiger partial charge in [0.2, 0.25) is 0 Å². The molecule has 124 valence electrons. The van der Waals surface area contributed by atoms with Crippen LogP contribution in [0.1, 0.15) is 17.2 Å². The number of hydrogen-bond acceptors (Lipinski definition) is 2. The van der Waals surface area contributed by atoms with E-state index in [0.29, 0.717) is 12.1 Å². The van der Waals surface area contributed by atoms with Gasteiger partial charge in [-0.3, -0.25) is 4.90 Å². The minimum absolute atomic E-state index is 0.0159. The van der Waals surface area contributed by atoms with Crippen molar-refractivity contribution >= 4 is 0 Å². The fraction of sp³-hybridized carbons (Fsp3) is 0.538. The highest BCUT2D eigenvalue weighted by atomic mass is 19.4. The normalized spacial score (nSPS) is 19.2. The van der Waals surface area contributed by atoms with Gasteiger partial charge in [0, 0.05) is 26.2 Å². The zero-order valence-corrected chi connectivity index (χ0v) is 11.2. The maximum absolute atomic E-state index is 13.4. The number of nitrogens with one attached hydrogen (secondary N) is 1. The Hall–Kier alpha value is -1.35. The molecule has 0 bridgehead atoms. The molecule has 1 aliphatic heterocycles. The van der Waals surface area contributed by atoms with Gasteiger partial charge in [0.05, 0.1) is 5.56 Å². The maximum atomic E-state index is 13.4. The average Bonchev–Trinajstić information content (AvgIpc) is 2.36. The number of alkyl halides is 6. The summed E-state index contributed by atoms with van der Waals surface area (Å²) >= 11 is 0. The molecule has 22 heavy (non-hydrogen) atoms. The molecule has 0 spiro atoms. The van der Waals surface area contributed by atoms with Crippen LogP contribution in [0.4, 0.5) is 30.7 Å². The molecule has 1 N–H and O–H groups in total. The molecule has 0 aliphatic carbocycles. The standard InChI is InChI=1S/C13H13F7N2/c14-10-6-8(5-9(7-10)12(15,16)17)11(13(18,19)20)22-3-1-21-2-4-22/h5-7,11,21H,1-4H2/t11-/m0/s1. The Morgan fingerprint density at radius 1 is 0.955 bits per heavy atom. The Balaban J connectivity index is 2.45. The Kier molecular flexibility index (Phi) is 4.67. The maximum Gasteiger partial charge on any atom is 0.416 e. The van der Waals surface area contributed by atoms with Gasteiger partial charge in [-0.25, -0.2) is 4.39 Å². The fourth-order valence-electron chi connectivity index (χ4n) is 2.48. The highest BCUT2D eigenvalue weighted by Crippen LogP contribution is 2.40. The van der Waals surface area contributed by atoms with E-state index in [9.17, 15) is 30.7 Å². The zero-order chi connectivity index (χ0) is 16.5. The van der Waals surface area contributed by atoms with Crippen molar-refractivity contribution < 1.29 is 30.7 Å². The second kappa shape index (κ2) is 6.04. The van der Waals surface area contributed by atoms with Crippen molar-refractivity contribution in [3.63, 3.8) is 0 Å². The molecule has 0 radical (unpaired) electrons. The molecule has 1 aliphatic rings. The lowest BCUT2D eigenvalue weighted by molar-refractivity contribution is -0.188. The van der Waals surface area contributed by atoms with E-state index in [1.165, 1.54) is 0 Å². The van der Waals surface area contributed by atoms with Gasteiger partial charge in [-0.05, 0) is 23.8 Å². The largest absolute Gasteiger partial charge is 0.416 e. The highest BCUT2D eigenvalue weighted by molar-refractivity contribution is 5.30. The van der Waals surface area contributed by atoms with Gasteiger partial charge in [-0.15, -0.1) is 0 Å². The van der Waals surface area contributed by atoms with E-state index < -0.39 is 35.3 Å². The SMILES string of the molecule is Fc1cc([C@H](N2CCNCC2)C(F)(F)F)cc(C(F)(F)F)c1. The lowest BCUT2D eigenvalue weighted by Gasteiger charge is -2.36. The number of nitrogens with zero attached hydrogens (tertiary/aromatic N) is 1. The van der Waals surface area contributed by atoms with Gasteiger partial charge in [0.1, 0.15) is 11.9 Å². The summed E-state index contributed by atoms with van der Waals surface area (Å²) in [4.78, 5) is 1.01. The van der Waals surface area contributed by atoms with Gasteiger partial charge in [0.15, 0.2) is 0 Å². The number of benzene rings is 1. The van der Waals surface area contributed by atoms with E-state index >= 15 is 0 Å². The number of rotatable bonds is 2. The summed E-state index contributed by atoms with van der Waals surface area (Å²) in [5.41, 5.74) is -2.16. The third kappa shape index (κ3) is 3.89. The summed E-state index contributed by atoms with van der Waals surface area (Å²) in [6, 6.07) is -1.20. The van der Waals surface area contributed by atoms with Crippen molar-refractivity contribution in [2.75, 3.05) is 26.2 Å². The summed E-state index contributed by atoms with van der Waals surface area (Å²) in [7, 11) is 0. The van der Waals surface area contributed by atoms with Crippen molar-refractivity contribution in [1.82, 2.24) is 10.2 Å². The fourth-order valence-corrected chi connectivity index (χ4v) is 2.48. The molecular weight excluding hydrogens is 317 g/mol. The molecule has 0 aromatic heterocycles. The molecule has 2 rings (SSSR count). The van der Waals surface area contributed by atoms with Gasteiger partial charge in [0.25, 0.3) is 0 Å². The minimum Gasteiger partial charge on any atom is -0.314 e. The average molecular weight is 330 g/mol. The molecule has 1 heterocycles. The molecule has 1 aromatic rings. The van der Waals surface area contributed by atoms with Crippen molar-refractivity contribution in [3.05, 3.63) is 35.1 Å². The second-order valence-corrected chi connectivity index (χ2v) is 5.00. The third-order valence-electron chi connectivity index (χ3n) is 3.39. The molecule has 1 aromatic carbocycles. The topological polar surface area (TPSA) is 15.3 Å². The predicted octanol–water partition coefficient (Wildman–Crippen LogP) is 3.35. The van der Waals surface area contributed by atoms with Crippen LogP contribution >= 0.6 is 0 Å². The Morgan fingerprint density at radius 2 is 1.55 bits per heavy atom. The number of hydrogen-bond donors (Lipinski definition) is 1. The van der Waals surface area contributed by atoms with Gasteiger partial charge >= 0.3 is 12.4 Å². The van der Waals surface area contributed by atoms with E-state index in [-0.39, 0.29) is 32.2 Å². The molecule has 2 nitrogen and oxygen atoms in total. The minimum atomic E-state index is -4.91. The lowest BCUT2D eigenvalue weighted by atomic mass is 10.0. The number of piperazine rings is 1. The summed E-state index contributed by atoms with van der Waals surface area (Å²) in [5.74, 6) is -1.34. The Labute approximate surface area is 121 Å². The highest BCUT2D eigenvalue weighted by Gasteiger charge is 2.46. The van der Waals surface area contributed by atoms with Crippen LogP contribution in [-0.4, -0.2) is 37.3 Å². The molecule has 0 unspecified atom stereocenters. The smallest absolute Gasteiger partial charge is 0.314 e. The second-order valence-electron chi connectivity index (χ2n) is 5.00. The van der Waals surface area contributed by atoms with E-state index in [4.69, 9.17) is 0 Å². The molecule has 1 fully saturated rings. The van der Waals surface area contributed by atoms with Crippen LogP contribution in [0.2, 0.25) is 0 Å². The monoisotopic (exact) mass is 330 g/mol. The van der Waals surface area contributed by atoms with Crippen molar-refractivity contribution in [1.29, 1.82) is 0 Å². The zero-order valence-electron chi connectivity index (χ0n) is 11.2. The summed E-state index contributed by atoms with van der Waals surface area (Å²) < 4.78 is 91.3. The molecular formula is C13H13F7N2. The van der Waals surface area contributed by atoms with E-state index in [2.05, 4.69) is 5.32 Å². The van der Waals surface area contributed by atoms with Crippen LogP contribution in [0.3, 0.4) is 0 Å². The van der Waals surface area contributed by atoms with Crippen molar-refractivity contribution in [2.45, 2.75) is 18.4 Å². The summed E-state index contributed by atoms with van der Waals surface area (Å²) in [5, 5.41) is 2.86. The van der Waals surface area contributed by atoms with E-state index in [1.54, 1.807) is 0 Å². The molecule has 9 heteroatoms. The van der Waals surface area contributed by atoms with Gasteiger partial charge < -0.3 is 5.32 Å². The first-order valence-electron chi connectivity index (χ1n) is 6.48. The third-order valence-corrected chi connectivity index (χ3v) is 3.39. The van der Waals surface area contributed by atoms with Crippen LogP contribution in [-0.2, 0) is 6.18 Å². The number of halogens is 7. The molecule has 1 saturated heterocycles. The Morgan fingerprint density at radius 3 is 2.05 bits per heavy atom. The lowest BCUT2D eigenvalue weighted by Crippen LogP contribution is -2.49. The Bertz CT molecular complexity index is 518. The van der Waals surface area contributed by atoms with Gasteiger partial charge in [-0.1, -0.05) is 0 Å². The van der Waals surface area contributed by atoms with Crippen LogP contribution in [0, 0.1) is 5.82 Å². The summed E-state index contributed by atoms with van der Waals surface area (Å²) in [6.45, 7) is 0.603. The first-order valence-corrected chi connectivity index (χ1v) is 6.48. The predicted molar refractivity (Wildman–Crippen MR) is 64.6 cm³/mol. The van der Waals surface area contributed by atoms with Crippen molar-refractivity contribution in [2.24, 2.45) is 0 Å². The van der Waals surface area contributed by atoms with E-state index in [0.717, 1.165) is 4.90 Å². The van der Waals surface area contributed by atoms with Gasteiger partial charge in [-0.2, -0.15) is 26.3 Å². The van der Waals surface area contributed by atoms with Crippen LogP contribution in [0.5, 0.6) is 0 Å². The van der Waals surface area contributed by atoms with Crippen LogP contribution in [0.25, 0.3) is 0 Å². The molecule has 1 atom stereocenters. The van der Waals surface area contributed by atoms with Crippen molar-refractivity contribution in [3.8, 4) is 0 Å². The first kappa shape index (κ1) is 17.0. The van der Waals surface area contributed by atoms with Crippen LogP contribution in [0.15, 0.2) is 18.2 Å². The quantitative estimate of drug-likeness (QED) is 0.837. The molecule has 0 amide bonds.